The highest BCUT2D eigenvalue weighted by Crippen LogP contribution is 2.36. The van der Waals surface area contributed by atoms with Gasteiger partial charge in [-0.1, -0.05) is 29.4 Å². The molecule has 10 heteroatoms. The van der Waals surface area contributed by atoms with Gasteiger partial charge in [-0.05, 0) is 68.0 Å². The number of aromatic nitrogens is 2. The molecular formula is C27H26ClN3O4S2. The summed E-state index contributed by atoms with van der Waals surface area (Å²) in [6, 6.07) is 10.7. The average Bonchev–Trinajstić information content (AvgIpc) is 3.28. The van der Waals surface area contributed by atoms with Crippen molar-refractivity contribution in [3.63, 3.8) is 0 Å². The Labute approximate surface area is 227 Å². The molecule has 4 aromatic rings. The van der Waals surface area contributed by atoms with Crippen LogP contribution >= 0.6 is 34.7 Å². The summed E-state index contributed by atoms with van der Waals surface area (Å²) in [4.78, 5) is 33.7. The maximum absolute atomic E-state index is 14.0. The minimum absolute atomic E-state index is 0.0665. The molecule has 0 fully saturated rings. The number of carbonyl (C=O) groups excluding carboxylic acids is 1. The van der Waals surface area contributed by atoms with E-state index in [1.165, 1.54) is 16.6 Å². The lowest BCUT2D eigenvalue weighted by atomic mass is 9.97. The number of ether oxygens (including phenoxy) is 2. The number of methoxy groups -OCH3 is 2. The molecule has 37 heavy (non-hydrogen) atoms. The molecule has 0 spiro atoms. The van der Waals surface area contributed by atoms with E-state index in [2.05, 4.69) is 5.32 Å². The van der Waals surface area contributed by atoms with E-state index in [9.17, 15) is 9.59 Å². The van der Waals surface area contributed by atoms with Gasteiger partial charge < -0.3 is 14.8 Å². The van der Waals surface area contributed by atoms with E-state index in [1.54, 1.807) is 54.4 Å². The van der Waals surface area contributed by atoms with Crippen molar-refractivity contribution in [3.8, 4) is 17.2 Å². The molecule has 0 saturated carbocycles. The monoisotopic (exact) mass is 555 g/mol. The molecule has 0 saturated heterocycles. The molecule has 0 aliphatic heterocycles. The number of rotatable bonds is 7. The number of nitrogens with zero attached hydrogens (tertiary/aromatic N) is 2. The predicted molar refractivity (Wildman–Crippen MR) is 151 cm³/mol. The van der Waals surface area contributed by atoms with Crippen molar-refractivity contribution in [3.05, 3.63) is 67.8 Å². The maximum Gasteiger partial charge on any atom is 0.267 e. The van der Waals surface area contributed by atoms with Gasteiger partial charge in [-0.25, -0.2) is 4.98 Å². The average molecular weight is 556 g/mol. The number of nitrogens with one attached hydrogen (secondary N) is 1. The molecule has 2 heterocycles. The zero-order valence-corrected chi connectivity index (χ0v) is 23.1. The van der Waals surface area contributed by atoms with Crippen LogP contribution in [-0.4, -0.2) is 35.4 Å². The van der Waals surface area contributed by atoms with Crippen LogP contribution in [0.5, 0.6) is 11.5 Å². The van der Waals surface area contributed by atoms with Gasteiger partial charge >= 0.3 is 0 Å². The Morgan fingerprint density at radius 1 is 1.16 bits per heavy atom. The fourth-order valence-electron chi connectivity index (χ4n) is 4.58. The van der Waals surface area contributed by atoms with Crippen molar-refractivity contribution < 1.29 is 14.3 Å². The molecule has 0 radical (unpaired) electrons. The van der Waals surface area contributed by atoms with Crippen LogP contribution in [0.15, 0.2) is 46.3 Å². The number of hydrogen-bond donors (Lipinski definition) is 1. The summed E-state index contributed by atoms with van der Waals surface area (Å²) in [5, 5.41) is 4.60. The largest absolute Gasteiger partial charge is 0.493 e. The summed E-state index contributed by atoms with van der Waals surface area (Å²) in [7, 11) is 3.10. The summed E-state index contributed by atoms with van der Waals surface area (Å²) in [6.07, 6.45) is 4.06. The van der Waals surface area contributed by atoms with E-state index in [1.807, 2.05) is 19.1 Å². The molecule has 1 aliphatic carbocycles. The Hall–Kier alpha value is -3.01. The van der Waals surface area contributed by atoms with Crippen LogP contribution in [0.1, 0.15) is 28.8 Å². The lowest BCUT2D eigenvalue weighted by molar-refractivity contribution is -0.113. The first-order valence-electron chi connectivity index (χ1n) is 11.9. The van der Waals surface area contributed by atoms with E-state index < -0.39 is 0 Å². The Kier molecular flexibility index (Phi) is 7.46. The van der Waals surface area contributed by atoms with Gasteiger partial charge in [0.1, 0.15) is 4.83 Å². The van der Waals surface area contributed by atoms with Gasteiger partial charge in [0, 0.05) is 21.7 Å². The number of hydrogen-bond acceptors (Lipinski definition) is 7. The molecular weight excluding hydrogens is 530 g/mol. The van der Waals surface area contributed by atoms with Gasteiger partial charge in [0.15, 0.2) is 16.7 Å². The van der Waals surface area contributed by atoms with Crippen molar-refractivity contribution in [1.82, 2.24) is 9.55 Å². The molecule has 1 amide bonds. The first-order valence-corrected chi connectivity index (χ1v) is 14.1. The summed E-state index contributed by atoms with van der Waals surface area (Å²) in [5.74, 6) is 0.933. The topological polar surface area (TPSA) is 82.5 Å². The van der Waals surface area contributed by atoms with E-state index in [0.29, 0.717) is 38.4 Å². The van der Waals surface area contributed by atoms with Crippen molar-refractivity contribution in [1.29, 1.82) is 0 Å². The van der Waals surface area contributed by atoms with Gasteiger partial charge in [0.25, 0.3) is 5.56 Å². The zero-order valence-electron chi connectivity index (χ0n) is 20.7. The van der Waals surface area contributed by atoms with Crippen LogP contribution in [0.25, 0.3) is 15.9 Å². The summed E-state index contributed by atoms with van der Waals surface area (Å²) in [5.41, 5.74) is 3.05. The summed E-state index contributed by atoms with van der Waals surface area (Å²) >= 11 is 9.24. The molecule has 0 atom stereocenters. The highest BCUT2D eigenvalue weighted by molar-refractivity contribution is 7.99. The third-order valence-electron chi connectivity index (χ3n) is 6.44. The fraction of sp³-hybridized carbons (Fsp3) is 0.296. The van der Waals surface area contributed by atoms with Crippen LogP contribution in [0.2, 0.25) is 5.02 Å². The number of thiophene rings is 1. The third kappa shape index (κ3) is 4.95. The SMILES string of the molecule is COc1ccc(NC(=O)CSc2nc3sc4c(c3c(=O)n2-c2cccc(Cl)c2C)CCCC4)cc1OC. The highest BCUT2D eigenvalue weighted by Gasteiger charge is 2.24. The number of benzene rings is 2. The number of aryl methyl sites for hydroxylation is 2. The minimum atomic E-state index is -0.230. The number of fused-ring (bicyclic) bond motifs is 3. The lowest BCUT2D eigenvalue weighted by Crippen LogP contribution is -2.24. The first-order chi connectivity index (χ1) is 17.9. The van der Waals surface area contributed by atoms with E-state index in [0.717, 1.165) is 41.6 Å². The zero-order chi connectivity index (χ0) is 26.1. The lowest BCUT2D eigenvalue weighted by Gasteiger charge is -2.16. The van der Waals surface area contributed by atoms with E-state index in [4.69, 9.17) is 26.1 Å². The van der Waals surface area contributed by atoms with Gasteiger partial charge in [-0.15, -0.1) is 11.3 Å². The molecule has 2 aromatic heterocycles. The van der Waals surface area contributed by atoms with Crippen LogP contribution in [0.3, 0.4) is 0 Å². The maximum atomic E-state index is 14.0. The van der Waals surface area contributed by atoms with E-state index >= 15 is 0 Å². The van der Waals surface area contributed by atoms with Crippen molar-refractivity contribution >= 4 is 56.5 Å². The Morgan fingerprint density at radius 3 is 2.73 bits per heavy atom. The smallest absolute Gasteiger partial charge is 0.267 e. The van der Waals surface area contributed by atoms with Crippen molar-refractivity contribution in [2.24, 2.45) is 0 Å². The van der Waals surface area contributed by atoms with E-state index in [-0.39, 0.29) is 17.2 Å². The number of carbonyl (C=O) groups is 1. The van der Waals surface area contributed by atoms with Crippen LogP contribution in [-0.2, 0) is 17.6 Å². The number of anilines is 1. The minimum Gasteiger partial charge on any atom is -0.493 e. The Morgan fingerprint density at radius 2 is 1.95 bits per heavy atom. The van der Waals surface area contributed by atoms with Crippen molar-refractivity contribution in [2.45, 2.75) is 37.8 Å². The van der Waals surface area contributed by atoms with Crippen molar-refractivity contribution in [2.75, 3.05) is 25.3 Å². The highest BCUT2D eigenvalue weighted by atomic mass is 35.5. The predicted octanol–water partition coefficient (Wildman–Crippen LogP) is 6.04. The second-order valence-electron chi connectivity index (χ2n) is 8.72. The number of amides is 1. The number of thioether (sulfide) groups is 1. The second-order valence-corrected chi connectivity index (χ2v) is 11.1. The second kappa shape index (κ2) is 10.8. The van der Waals surface area contributed by atoms with Crippen LogP contribution in [0, 0.1) is 6.92 Å². The molecule has 2 aromatic carbocycles. The molecule has 1 aliphatic rings. The Bertz CT molecular complexity index is 1560. The molecule has 5 rings (SSSR count). The summed E-state index contributed by atoms with van der Waals surface area (Å²) in [6.45, 7) is 1.88. The standard InChI is InChI=1S/C27H26ClN3O4S2/c1-15-18(28)8-6-9-19(15)31-26(33)24-17-7-4-5-10-22(17)37-25(24)30-27(31)36-14-23(32)29-16-11-12-20(34-2)21(13-16)35-3/h6,8-9,11-13H,4-5,7,10,14H2,1-3H3,(H,29,32). The molecule has 192 valence electrons. The van der Waals surface area contributed by atoms with Gasteiger partial charge in [-0.3, -0.25) is 14.2 Å². The summed E-state index contributed by atoms with van der Waals surface area (Å²) < 4.78 is 12.2. The van der Waals surface area contributed by atoms with Gasteiger partial charge in [-0.2, -0.15) is 0 Å². The first kappa shape index (κ1) is 25.6. The van der Waals surface area contributed by atoms with Gasteiger partial charge in [0.2, 0.25) is 5.91 Å². The molecule has 7 nitrogen and oxygen atoms in total. The Balaban J connectivity index is 1.51. The van der Waals surface area contributed by atoms with Crippen LogP contribution in [0.4, 0.5) is 5.69 Å². The molecule has 0 unspecified atom stereocenters. The number of halogens is 1. The normalized spacial score (nSPS) is 12.9. The molecule has 1 N–H and O–H groups in total. The quantitative estimate of drug-likeness (QED) is 0.221. The molecule has 0 bridgehead atoms. The fourth-order valence-corrected chi connectivity index (χ4v) is 6.85. The van der Waals surface area contributed by atoms with Crippen LogP contribution < -0.4 is 20.3 Å². The van der Waals surface area contributed by atoms with Gasteiger partial charge in [0.05, 0.1) is 31.0 Å². The third-order valence-corrected chi connectivity index (χ3v) is 8.97.